The normalized spacial score (nSPS) is 10.4. The van der Waals surface area contributed by atoms with E-state index in [0.717, 1.165) is 3.57 Å². The Morgan fingerprint density at radius 2 is 2.06 bits per heavy atom. The van der Waals surface area contributed by atoms with Gasteiger partial charge in [0.1, 0.15) is 0 Å². The number of hydrogen-bond acceptors (Lipinski definition) is 2. The van der Waals surface area contributed by atoms with Gasteiger partial charge in [-0.25, -0.2) is 4.79 Å². The van der Waals surface area contributed by atoms with Gasteiger partial charge in [-0.15, -0.1) is 0 Å². The second-order valence-electron chi connectivity index (χ2n) is 4.14. The van der Waals surface area contributed by atoms with Gasteiger partial charge in [0.15, 0.2) is 0 Å². The van der Waals surface area contributed by atoms with Crippen LogP contribution >= 0.6 is 22.6 Å². The number of halogens is 1. The van der Waals surface area contributed by atoms with Crippen LogP contribution in [-0.4, -0.2) is 17.0 Å². The van der Waals surface area contributed by atoms with Gasteiger partial charge >= 0.3 is 5.97 Å². The minimum Gasteiger partial charge on any atom is -0.478 e. The van der Waals surface area contributed by atoms with Crippen molar-refractivity contribution in [3.8, 4) is 0 Å². The number of rotatable bonds is 4. The molecule has 0 saturated carbocycles. The van der Waals surface area contributed by atoms with E-state index in [4.69, 9.17) is 5.11 Å². The van der Waals surface area contributed by atoms with E-state index in [1.54, 1.807) is 12.1 Å². The molecular weight excluding hydrogens is 333 g/mol. The molecule has 17 heavy (non-hydrogen) atoms. The Morgan fingerprint density at radius 1 is 1.41 bits per heavy atom. The fourth-order valence-corrected chi connectivity index (χ4v) is 1.87. The number of carbonyl (C=O) groups is 2. The lowest BCUT2D eigenvalue weighted by molar-refractivity contribution is -0.116. The van der Waals surface area contributed by atoms with Crippen LogP contribution in [0, 0.1) is 9.49 Å². The van der Waals surface area contributed by atoms with E-state index in [2.05, 4.69) is 5.32 Å². The Hall–Kier alpha value is -1.11. The lowest BCUT2D eigenvalue weighted by Gasteiger charge is -2.10. The molecule has 0 unspecified atom stereocenters. The zero-order valence-electron chi connectivity index (χ0n) is 9.66. The summed E-state index contributed by atoms with van der Waals surface area (Å²) in [4.78, 5) is 22.6. The summed E-state index contributed by atoms with van der Waals surface area (Å²) in [5.41, 5.74) is 0.470. The maximum absolute atomic E-state index is 11.6. The first kappa shape index (κ1) is 14.0. The van der Waals surface area contributed by atoms with Gasteiger partial charge in [0, 0.05) is 9.99 Å². The Balaban J connectivity index is 2.91. The molecule has 0 bridgehead atoms. The number of nitrogens with one attached hydrogen (secondary N) is 1. The quantitative estimate of drug-likeness (QED) is 0.823. The number of benzene rings is 1. The van der Waals surface area contributed by atoms with Crippen LogP contribution in [0.2, 0.25) is 0 Å². The van der Waals surface area contributed by atoms with E-state index in [1.165, 1.54) is 6.07 Å². The maximum Gasteiger partial charge on any atom is 0.337 e. The predicted molar refractivity (Wildman–Crippen MR) is 74.2 cm³/mol. The highest BCUT2D eigenvalue weighted by Gasteiger charge is 2.13. The second-order valence-corrected chi connectivity index (χ2v) is 5.39. The van der Waals surface area contributed by atoms with Crippen LogP contribution in [0.15, 0.2) is 18.2 Å². The third kappa shape index (κ3) is 4.33. The van der Waals surface area contributed by atoms with Gasteiger partial charge in [-0.2, -0.15) is 0 Å². The van der Waals surface area contributed by atoms with Crippen molar-refractivity contribution in [2.24, 2.45) is 5.92 Å². The first-order chi connectivity index (χ1) is 7.90. The van der Waals surface area contributed by atoms with Crippen molar-refractivity contribution in [1.29, 1.82) is 0 Å². The summed E-state index contributed by atoms with van der Waals surface area (Å²) in [6.45, 7) is 3.87. The molecule has 1 aromatic rings. The molecule has 0 aliphatic heterocycles. The third-order valence-corrected chi connectivity index (χ3v) is 2.75. The molecule has 1 amide bonds. The van der Waals surface area contributed by atoms with Gasteiger partial charge in [-0.05, 0) is 46.7 Å². The average molecular weight is 347 g/mol. The minimum absolute atomic E-state index is 0.119. The van der Waals surface area contributed by atoms with Crippen LogP contribution in [-0.2, 0) is 4.79 Å². The highest BCUT2D eigenvalue weighted by molar-refractivity contribution is 14.1. The van der Waals surface area contributed by atoms with Crippen LogP contribution in [0.5, 0.6) is 0 Å². The fourth-order valence-electron chi connectivity index (χ4n) is 1.37. The Kier molecular flexibility index (Phi) is 4.92. The molecule has 4 nitrogen and oxygen atoms in total. The first-order valence-electron chi connectivity index (χ1n) is 5.23. The van der Waals surface area contributed by atoms with Crippen molar-refractivity contribution in [2.75, 3.05) is 5.32 Å². The number of anilines is 1. The van der Waals surface area contributed by atoms with Crippen LogP contribution in [0.3, 0.4) is 0 Å². The van der Waals surface area contributed by atoms with Crippen molar-refractivity contribution < 1.29 is 14.7 Å². The summed E-state index contributed by atoms with van der Waals surface area (Å²) in [5, 5.41) is 11.7. The Labute approximate surface area is 114 Å². The zero-order chi connectivity index (χ0) is 13.0. The second kappa shape index (κ2) is 6.00. The van der Waals surface area contributed by atoms with E-state index in [0.29, 0.717) is 12.1 Å². The van der Waals surface area contributed by atoms with Gasteiger partial charge in [-0.3, -0.25) is 4.79 Å². The third-order valence-electron chi connectivity index (χ3n) is 2.08. The Bertz CT molecular complexity index is 443. The summed E-state index contributed by atoms with van der Waals surface area (Å²) >= 11 is 2.03. The molecule has 5 heteroatoms. The van der Waals surface area contributed by atoms with Crippen molar-refractivity contribution in [2.45, 2.75) is 20.3 Å². The number of carboxylic acid groups (broad SMARTS) is 1. The standard InChI is InChI=1S/C12H14INO3/c1-7(2)5-11(15)14-10-4-3-8(13)6-9(10)12(16)17/h3-4,6-7H,5H2,1-2H3,(H,14,15)(H,16,17). The van der Waals surface area contributed by atoms with Gasteiger partial charge < -0.3 is 10.4 Å². The number of amides is 1. The molecule has 0 atom stereocenters. The molecule has 0 saturated heterocycles. The largest absolute Gasteiger partial charge is 0.478 e. The molecule has 0 radical (unpaired) electrons. The number of aromatic carboxylic acids is 1. The highest BCUT2D eigenvalue weighted by Crippen LogP contribution is 2.19. The predicted octanol–water partition coefficient (Wildman–Crippen LogP) is 2.97. The van der Waals surface area contributed by atoms with E-state index >= 15 is 0 Å². The molecular formula is C12H14INO3. The lowest BCUT2D eigenvalue weighted by Crippen LogP contribution is -2.16. The number of hydrogen-bond donors (Lipinski definition) is 2. The van der Waals surface area contributed by atoms with Crippen LogP contribution < -0.4 is 5.32 Å². The van der Waals surface area contributed by atoms with Gasteiger partial charge in [0.2, 0.25) is 5.91 Å². The summed E-state index contributed by atoms with van der Waals surface area (Å²) in [6, 6.07) is 4.91. The Morgan fingerprint density at radius 3 is 2.59 bits per heavy atom. The monoisotopic (exact) mass is 347 g/mol. The first-order valence-corrected chi connectivity index (χ1v) is 6.30. The average Bonchev–Trinajstić information content (AvgIpc) is 2.19. The van der Waals surface area contributed by atoms with Gasteiger partial charge in [-0.1, -0.05) is 13.8 Å². The SMILES string of the molecule is CC(C)CC(=O)Nc1ccc(I)cc1C(=O)O. The van der Waals surface area contributed by atoms with Crippen LogP contribution in [0.25, 0.3) is 0 Å². The molecule has 92 valence electrons. The van der Waals surface area contributed by atoms with Crippen molar-refractivity contribution in [3.63, 3.8) is 0 Å². The topological polar surface area (TPSA) is 66.4 Å². The number of carbonyl (C=O) groups excluding carboxylic acids is 1. The van der Waals surface area contributed by atoms with Crippen molar-refractivity contribution >= 4 is 40.2 Å². The van der Waals surface area contributed by atoms with E-state index in [9.17, 15) is 9.59 Å². The smallest absolute Gasteiger partial charge is 0.337 e. The van der Waals surface area contributed by atoms with Crippen LogP contribution in [0.1, 0.15) is 30.6 Å². The molecule has 2 N–H and O–H groups in total. The number of carboxylic acids is 1. The van der Waals surface area contributed by atoms with Gasteiger partial charge in [0.05, 0.1) is 11.3 Å². The molecule has 1 aromatic carbocycles. The molecule has 0 fully saturated rings. The van der Waals surface area contributed by atoms with Crippen molar-refractivity contribution in [1.82, 2.24) is 0 Å². The molecule has 1 rings (SSSR count). The molecule has 0 aliphatic rings. The molecule has 0 aromatic heterocycles. The minimum atomic E-state index is -1.04. The van der Waals surface area contributed by atoms with Crippen molar-refractivity contribution in [3.05, 3.63) is 27.3 Å². The van der Waals surface area contributed by atoms with Gasteiger partial charge in [0.25, 0.3) is 0 Å². The summed E-state index contributed by atoms with van der Waals surface area (Å²) < 4.78 is 0.821. The summed E-state index contributed by atoms with van der Waals surface area (Å²) in [6.07, 6.45) is 0.380. The lowest BCUT2D eigenvalue weighted by atomic mass is 10.1. The summed E-state index contributed by atoms with van der Waals surface area (Å²) in [7, 11) is 0. The van der Waals surface area contributed by atoms with E-state index in [1.807, 2.05) is 36.4 Å². The summed E-state index contributed by atoms with van der Waals surface area (Å²) in [5.74, 6) is -0.959. The maximum atomic E-state index is 11.6. The van der Waals surface area contributed by atoms with E-state index < -0.39 is 5.97 Å². The highest BCUT2D eigenvalue weighted by atomic mass is 127. The zero-order valence-corrected chi connectivity index (χ0v) is 11.8. The molecule has 0 aliphatic carbocycles. The van der Waals surface area contributed by atoms with E-state index in [-0.39, 0.29) is 17.4 Å². The molecule has 0 heterocycles. The fraction of sp³-hybridized carbons (Fsp3) is 0.333. The molecule has 0 spiro atoms. The van der Waals surface area contributed by atoms with Crippen LogP contribution in [0.4, 0.5) is 5.69 Å².